The molecule has 0 aliphatic rings. The summed E-state index contributed by atoms with van der Waals surface area (Å²) in [6, 6.07) is 4.62. The van der Waals surface area contributed by atoms with Gasteiger partial charge in [-0.05, 0) is 17.7 Å². The molecular weight excluding hydrogens is 231 g/mol. The summed E-state index contributed by atoms with van der Waals surface area (Å²) >= 11 is 0. The molecule has 96 valence electrons. The second-order valence-corrected chi connectivity index (χ2v) is 4.18. The second kappa shape index (κ2) is 5.51. The summed E-state index contributed by atoms with van der Waals surface area (Å²) < 4.78 is 37.5. The van der Waals surface area contributed by atoms with Crippen LogP contribution in [-0.4, -0.2) is 17.8 Å². The van der Waals surface area contributed by atoms with Crippen molar-refractivity contribution in [2.75, 3.05) is 6.61 Å². The van der Waals surface area contributed by atoms with Crippen molar-refractivity contribution in [3.63, 3.8) is 0 Å². The highest BCUT2D eigenvalue weighted by Gasteiger charge is 2.30. The maximum Gasteiger partial charge on any atom is 0.416 e. The first kappa shape index (κ1) is 14.0. The molecule has 0 saturated heterocycles. The molecule has 1 aromatic carbocycles. The van der Waals surface area contributed by atoms with Crippen molar-refractivity contribution in [1.29, 1.82) is 0 Å². The maximum atomic E-state index is 12.5. The molecule has 0 aliphatic carbocycles. The van der Waals surface area contributed by atoms with Gasteiger partial charge in [-0.15, -0.1) is 0 Å². The van der Waals surface area contributed by atoms with Crippen LogP contribution in [0.4, 0.5) is 13.2 Å². The lowest BCUT2D eigenvalue weighted by Crippen LogP contribution is -2.30. The van der Waals surface area contributed by atoms with E-state index in [1.807, 2.05) is 13.8 Å². The molecule has 0 amide bonds. The lowest BCUT2D eigenvalue weighted by atomic mass is 10.0. The Bertz CT molecular complexity index is 363. The summed E-state index contributed by atoms with van der Waals surface area (Å²) in [5.41, 5.74) is -0.255. The molecule has 0 saturated carbocycles. The Morgan fingerprint density at radius 2 is 1.94 bits per heavy atom. The van der Waals surface area contributed by atoms with E-state index < -0.39 is 17.8 Å². The van der Waals surface area contributed by atoms with Crippen molar-refractivity contribution in [1.82, 2.24) is 5.32 Å². The van der Waals surface area contributed by atoms with Gasteiger partial charge in [-0.25, -0.2) is 0 Å². The molecule has 0 aliphatic heterocycles. The molecule has 17 heavy (non-hydrogen) atoms. The molecule has 5 heteroatoms. The highest BCUT2D eigenvalue weighted by atomic mass is 19.4. The van der Waals surface area contributed by atoms with Crippen LogP contribution in [0.5, 0.6) is 0 Å². The van der Waals surface area contributed by atoms with Gasteiger partial charge in [-0.1, -0.05) is 26.0 Å². The Balaban J connectivity index is 2.97. The second-order valence-electron chi connectivity index (χ2n) is 4.18. The van der Waals surface area contributed by atoms with Crippen LogP contribution < -0.4 is 5.32 Å². The number of aliphatic hydroxyl groups excluding tert-OH is 1. The zero-order chi connectivity index (χ0) is 13.1. The first-order chi connectivity index (χ1) is 7.84. The fraction of sp³-hybridized carbons (Fsp3) is 0.500. The van der Waals surface area contributed by atoms with E-state index in [0.29, 0.717) is 5.56 Å². The number of halogens is 3. The zero-order valence-corrected chi connectivity index (χ0v) is 9.75. The van der Waals surface area contributed by atoms with Crippen LogP contribution in [0.2, 0.25) is 0 Å². The van der Waals surface area contributed by atoms with Gasteiger partial charge in [0.2, 0.25) is 0 Å². The molecule has 0 fully saturated rings. The molecule has 0 bridgehead atoms. The van der Waals surface area contributed by atoms with Crippen molar-refractivity contribution in [2.24, 2.45) is 0 Å². The monoisotopic (exact) mass is 247 g/mol. The van der Waals surface area contributed by atoms with Crippen molar-refractivity contribution in [3.8, 4) is 0 Å². The smallest absolute Gasteiger partial charge is 0.394 e. The van der Waals surface area contributed by atoms with E-state index in [1.54, 1.807) is 6.07 Å². The summed E-state index contributed by atoms with van der Waals surface area (Å²) in [6.45, 7) is 3.51. The molecule has 0 radical (unpaired) electrons. The lowest BCUT2D eigenvalue weighted by Gasteiger charge is -2.20. The molecule has 0 spiro atoms. The van der Waals surface area contributed by atoms with Crippen molar-refractivity contribution >= 4 is 0 Å². The highest BCUT2D eigenvalue weighted by Crippen LogP contribution is 2.30. The number of nitrogens with one attached hydrogen (secondary N) is 1. The Morgan fingerprint density at radius 1 is 1.29 bits per heavy atom. The first-order valence-corrected chi connectivity index (χ1v) is 5.38. The topological polar surface area (TPSA) is 32.3 Å². The van der Waals surface area contributed by atoms with Gasteiger partial charge in [0.1, 0.15) is 0 Å². The molecule has 0 heterocycles. The molecule has 1 aromatic rings. The van der Waals surface area contributed by atoms with Gasteiger partial charge in [0.15, 0.2) is 0 Å². The zero-order valence-electron chi connectivity index (χ0n) is 9.75. The van der Waals surface area contributed by atoms with Gasteiger partial charge in [0.05, 0.1) is 18.2 Å². The molecular formula is C12H16F3NO. The van der Waals surface area contributed by atoms with Gasteiger partial charge in [-0.3, -0.25) is 0 Å². The average Bonchev–Trinajstić information content (AvgIpc) is 2.24. The number of benzene rings is 1. The summed E-state index contributed by atoms with van der Waals surface area (Å²) in [5.74, 6) is 0. The van der Waals surface area contributed by atoms with E-state index in [9.17, 15) is 18.3 Å². The first-order valence-electron chi connectivity index (χ1n) is 5.38. The fourth-order valence-electron chi connectivity index (χ4n) is 1.59. The normalized spacial score (nSPS) is 14.1. The molecule has 2 N–H and O–H groups in total. The number of aliphatic hydroxyl groups is 1. The van der Waals surface area contributed by atoms with Crippen molar-refractivity contribution < 1.29 is 18.3 Å². The highest BCUT2D eigenvalue weighted by molar-refractivity contribution is 5.28. The van der Waals surface area contributed by atoms with Crippen LogP contribution in [0.15, 0.2) is 24.3 Å². The maximum absolute atomic E-state index is 12.5. The van der Waals surface area contributed by atoms with E-state index in [2.05, 4.69) is 5.32 Å². The van der Waals surface area contributed by atoms with Crippen molar-refractivity contribution in [3.05, 3.63) is 35.4 Å². The van der Waals surface area contributed by atoms with E-state index in [0.717, 1.165) is 12.1 Å². The largest absolute Gasteiger partial charge is 0.416 e. The van der Waals surface area contributed by atoms with Crippen LogP contribution in [-0.2, 0) is 6.18 Å². The predicted molar refractivity (Wildman–Crippen MR) is 59.5 cm³/mol. The Hall–Kier alpha value is -1.07. The van der Waals surface area contributed by atoms with E-state index in [4.69, 9.17) is 0 Å². The van der Waals surface area contributed by atoms with E-state index in [-0.39, 0.29) is 12.6 Å². The minimum Gasteiger partial charge on any atom is -0.394 e. The minimum atomic E-state index is -4.35. The van der Waals surface area contributed by atoms with Crippen molar-refractivity contribution in [2.45, 2.75) is 32.1 Å². The molecule has 1 rings (SSSR count). The van der Waals surface area contributed by atoms with Crippen LogP contribution in [0.1, 0.15) is 31.0 Å². The fourth-order valence-corrected chi connectivity index (χ4v) is 1.59. The van der Waals surface area contributed by atoms with Gasteiger partial charge in [0.25, 0.3) is 0 Å². The third-order valence-electron chi connectivity index (χ3n) is 2.33. The quantitative estimate of drug-likeness (QED) is 0.857. The molecule has 1 unspecified atom stereocenters. The predicted octanol–water partition coefficient (Wildman–Crippen LogP) is 2.74. The minimum absolute atomic E-state index is 0.0849. The molecule has 1 atom stereocenters. The van der Waals surface area contributed by atoms with Gasteiger partial charge in [0, 0.05) is 6.04 Å². The van der Waals surface area contributed by atoms with Crippen LogP contribution in [0.25, 0.3) is 0 Å². The van der Waals surface area contributed by atoms with Gasteiger partial charge < -0.3 is 10.4 Å². The summed E-state index contributed by atoms with van der Waals surface area (Å²) in [7, 11) is 0. The molecule has 0 aromatic heterocycles. The summed E-state index contributed by atoms with van der Waals surface area (Å²) in [6.07, 6.45) is -4.35. The van der Waals surface area contributed by atoms with E-state index in [1.165, 1.54) is 6.07 Å². The third kappa shape index (κ3) is 4.02. The Morgan fingerprint density at radius 3 is 2.41 bits per heavy atom. The van der Waals surface area contributed by atoms with Crippen LogP contribution in [0, 0.1) is 0 Å². The summed E-state index contributed by atoms with van der Waals surface area (Å²) in [5, 5.41) is 12.2. The standard InChI is InChI=1S/C12H16F3NO/c1-8(2)16-11(7-17)9-4-3-5-10(6-9)12(13,14)15/h3-6,8,11,16-17H,7H2,1-2H3. The Labute approximate surface area is 98.5 Å². The SMILES string of the molecule is CC(C)NC(CO)c1cccc(C(F)(F)F)c1. The number of rotatable bonds is 4. The average molecular weight is 247 g/mol. The number of alkyl halides is 3. The molecule has 2 nitrogen and oxygen atoms in total. The summed E-state index contributed by atoms with van der Waals surface area (Å²) in [4.78, 5) is 0. The lowest BCUT2D eigenvalue weighted by molar-refractivity contribution is -0.137. The van der Waals surface area contributed by atoms with Crippen LogP contribution in [0.3, 0.4) is 0 Å². The number of hydrogen-bond acceptors (Lipinski definition) is 2. The Kier molecular flexibility index (Phi) is 4.54. The number of hydrogen-bond donors (Lipinski definition) is 2. The van der Waals surface area contributed by atoms with Gasteiger partial charge >= 0.3 is 6.18 Å². The third-order valence-corrected chi connectivity index (χ3v) is 2.33. The van der Waals surface area contributed by atoms with Crippen LogP contribution >= 0.6 is 0 Å². The van der Waals surface area contributed by atoms with E-state index >= 15 is 0 Å². The van der Waals surface area contributed by atoms with Gasteiger partial charge in [-0.2, -0.15) is 13.2 Å².